The third-order valence-corrected chi connectivity index (χ3v) is 10.1. The smallest absolute Gasteiger partial charge is 0.280 e. The number of hydrogen-bond donors (Lipinski definition) is 2. The van der Waals surface area contributed by atoms with Crippen molar-refractivity contribution < 1.29 is 31.5 Å². The van der Waals surface area contributed by atoms with Crippen molar-refractivity contribution in [1.82, 2.24) is 18.8 Å². The van der Waals surface area contributed by atoms with E-state index < -0.39 is 38.1 Å². The maximum absolute atomic E-state index is 13.7. The van der Waals surface area contributed by atoms with Crippen molar-refractivity contribution in [3.63, 3.8) is 0 Å². The molecule has 2 N–H and O–H groups in total. The Balaban J connectivity index is 1.68. The largest absolute Gasteiger partial charge is 0.488 e. The number of anilines is 1. The van der Waals surface area contributed by atoms with Gasteiger partial charge in [0.05, 0.1) is 36.0 Å². The Morgan fingerprint density at radius 1 is 1.17 bits per heavy atom. The van der Waals surface area contributed by atoms with Crippen LogP contribution in [0.25, 0.3) is 0 Å². The summed E-state index contributed by atoms with van der Waals surface area (Å²) in [7, 11) is -4.74. The van der Waals surface area contributed by atoms with E-state index >= 15 is 0 Å². The normalized spacial score (nSPS) is 18.8. The van der Waals surface area contributed by atoms with E-state index in [9.17, 15) is 26.7 Å². The van der Waals surface area contributed by atoms with E-state index in [1.807, 2.05) is 13.8 Å². The molecule has 0 aliphatic carbocycles. The van der Waals surface area contributed by atoms with E-state index in [0.717, 1.165) is 5.56 Å². The number of aromatic nitrogens is 2. The first-order chi connectivity index (χ1) is 19.2. The van der Waals surface area contributed by atoms with E-state index in [0.29, 0.717) is 0 Å². The molecule has 0 unspecified atom stereocenters. The highest BCUT2D eigenvalue weighted by atomic mass is 32.2. The van der Waals surface area contributed by atoms with Gasteiger partial charge in [-0.2, -0.15) is 12.7 Å². The average molecular weight is 606 g/mol. The van der Waals surface area contributed by atoms with Crippen LogP contribution in [0.2, 0.25) is 0 Å². The number of rotatable bonds is 9. The molecule has 4 rings (SSSR count). The number of carbonyl (C=O) groups is 1. The molecule has 0 saturated carbocycles. The number of aryl methyl sites for hydroxylation is 2. The molecule has 3 atom stereocenters. The molecule has 2 aromatic carbocycles. The Hall–Kier alpha value is -3.46. The van der Waals surface area contributed by atoms with Crippen LogP contribution in [-0.2, 0) is 27.1 Å². The van der Waals surface area contributed by atoms with Crippen LogP contribution >= 0.6 is 0 Å². The van der Waals surface area contributed by atoms with Gasteiger partial charge in [-0.05, 0) is 44.2 Å². The van der Waals surface area contributed by atoms with E-state index in [-0.39, 0.29) is 52.5 Å². The number of nitrogens with one attached hydrogen (secondary N) is 1. The fourth-order valence-corrected chi connectivity index (χ4v) is 6.70. The van der Waals surface area contributed by atoms with Gasteiger partial charge in [-0.15, -0.1) is 0 Å². The molecular weight excluding hydrogens is 570 g/mol. The lowest BCUT2D eigenvalue weighted by atomic mass is 9.99. The average Bonchev–Trinajstić information content (AvgIpc) is 3.38. The summed E-state index contributed by atoms with van der Waals surface area (Å²) in [5, 5.41) is 9.70. The second-order valence-electron chi connectivity index (χ2n) is 10.4. The molecule has 1 aliphatic heterocycles. The number of aliphatic hydroxyl groups excluding tert-OH is 1. The van der Waals surface area contributed by atoms with E-state index in [1.165, 1.54) is 51.5 Å². The van der Waals surface area contributed by atoms with Crippen LogP contribution in [0, 0.1) is 12.8 Å². The number of likely N-dealkylation sites (N-methyl/N-ethyl adjacent to an activating group) is 1. The third kappa shape index (κ3) is 6.56. The molecule has 0 saturated heterocycles. The van der Waals surface area contributed by atoms with Gasteiger partial charge in [0.15, 0.2) is 5.03 Å². The lowest BCUT2D eigenvalue weighted by molar-refractivity contribution is 0.0387. The first-order valence-electron chi connectivity index (χ1n) is 13.0. The maximum Gasteiger partial charge on any atom is 0.280 e. The summed E-state index contributed by atoms with van der Waals surface area (Å²) in [6.45, 7) is 5.28. The highest BCUT2D eigenvalue weighted by molar-refractivity contribution is 7.92. The number of benzene rings is 2. The summed E-state index contributed by atoms with van der Waals surface area (Å²) in [6.07, 6.45) is 2.04. The van der Waals surface area contributed by atoms with Gasteiger partial charge >= 0.3 is 0 Å². The standard InChI is InChI=1S/C27H35N5O7S2/c1-18-6-9-22(10-7-18)41(37,38)31(5)14-25-19(2)13-32(20(3)16-33)27(34)23-12-21(8-11-24(23)39-25)29-40(35,36)26-15-30(4)17-28-26/h6-12,15,17,19-20,25,29,33H,13-14,16H2,1-5H3/t19-,20-,25-/m0/s1. The monoisotopic (exact) mass is 605 g/mol. The number of amides is 1. The second-order valence-corrected chi connectivity index (χ2v) is 14.1. The molecule has 3 aromatic rings. The minimum Gasteiger partial charge on any atom is -0.488 e. The summed E-state index contributed by atoms with van der Waals surface area (Å²) in [4.78, 5) is 19.2. The third-order valence-electron chi connectivity index (χ3n) is 7.04. The Morgan fingerprint density at radius 3 is 2.46 bits per heavy atom. The van der Waals surface area contributed by atoms with Crippen molar-refractivity contribution in [3.8, 4) is 5.75 Å². The summed E-state index contributed by atoms with van der Waals surface area (Å²) < 4.78 is 63.7. The minimum absolute atomic E-state index is 0.0135. The molecule has 0 spiro atoms. The zero-order valence-corrected chi connectivity index (χ0v) is 25.2. The van der Waals surface area contributed by atoms with Crippen LogP contribution in [-0.4, -0.2) is 85.5 Å². The van der Waals surface area contributed by atoms with Crippen LogP contribution in [0.1, 0.15) is 29.8 Å². The van der Waals surface area contributed by atoms with Gasteiger partial charge in [-0.25, -0.2) is 13.4 Å². The summed E-state index contributed by atoms with van der Waals surface area (Å²) in [5.74, 6) is -0.603. The number of imidazole rings is 1. The minimum atomic E-state index is -4.03. The Kier molecular flexibility index (Phi) is 8.78. The van der Waals surface area contributed by atoms with E-state index in [2.05, 4.69) is 9.71 Å². The lowest BCUT2D eigenvalue weighted by Crippen LogP contribution is -2.50. The van der Waals surface area contributed by atoms with Crippen molar-refractivity contribution >= 4 is 31.6 Å². The van der Waals surface area contributed by atoms with Crippen LogP contribution in [0.5, 0.6) is 5.75 Å². The van der Waals surface area contributed by atoms with Gasteiger partial charge < -0.3 is 19.3 Å². The number of nitrogens with zero attached hydrogens (tertiary/aromatic N) is 4. The predicted molar refractivity (Wildman–Crippen MR) is 153 cm³/mol. The molecule has 1 amide bonds. The molecule has 14 heteroatoms. The number of aliphatic hydroxyl groups is 1. The van der Waals surface area contributed by atoms with Crippen molar-refractivity contribution in [1.29, 1.82) is 0 Å². The molecule has 1 aliphatic rings. The van der Waals surface area contributed by atoms with Gasteiger partial charge in [-0.1, -0.05) is 24.6 Å². The molecule has 41 heavy (non-hydrogen) atoms. The fourth-order valence-electron chi connectivity index (χ4n) is 4.48. The molecule has 0 bridgehead atoms. The highest BCUT2D eigenvalue weighted by Gasteiger charge is 2.35. The summed E-state index contributed by atoms with van der Waals surface area (Å²) in [6, 6.07) is 10.3. The highest BCUT2D eigenvalue weighted by Crippen LogP contribution is 2.32. The molecule has 0 radical (unpaired) electrons. The number of ether oxygens (including phenoxy) is 1. The number of hydrogen-bond acceptors (Lipinski definition) is 8. The summed E-state index contributed by atoms with van der Waals surface area (Å²) in [5.41, 5.74) is 1.13. The van der Waals surface area contributed by atoms with Gasteiger partial charge in [0.2, 0.25) is 10.0 Å². The first kappa shape index (κ1) is 30.5. The number of sulfonamides is 2. The summed E-state index contributed by atoms with van der Waals surface area (Å²) >= 11 is 0. The van der Waals surface area contributed by atoms with Gasteiger partial charge in [0, 0.05) is 38.4 Å². The first-order valence-corrected chi connectivity index (χ1v) is 15.9. The molecule has 1 aromatic heterocycles. The fraction of sp³-hybridized carbons (Fsp3) is 0.407. The van der Waals surface area contributed by atoms with Crippen LogP contribution in [0.15, 0.2) is 64.9 Å². The zero-order valence-electron chi connectivity index (χ0n) is 23.6. The molecule has 222 valence electrons. The SMILES string of the molecule is Cc1ccc(S(=O)(=O)N(C)C[C@@H]2Oc3ccc(NS(=O)(=O)c4cn(C)cn4)cc3C(=O)N([C@@H](C)CO)C[C@@H]2C)cc1. The van der Waals surface area contributed by atoms with Crippen LogP contribution < -0.4 is 9.46 Å². The zero-order chi connectivity index (χ0) is 30.1. The quantitative estimate of drug-likeness (QED) is 0.376. The van der Waals surface area contributed by atoms with Crippen molar-refractivity contribution in [2.75, 3.05) is 31.5 Å². The molecule has 0 fully saturated rings. The van der Waals surface area contributed by atoms with Crippen LogP contribution in [0.4, 0.5) is 5.69 Å². The molecule has 12 nitrogen and oxygen atoms in total. The van der Waals surface area contributed by atoms with E-state index in [4.69, 9.17) is 4.74 Å². The second kappa shape index (κ2) is 11.8. The maximum atomic E-state index is 13.7. The van der Waals surface area contributed by atoms with Crippen molar-refractivity contribution in [3.05, 3.63) is 66.1 Å². The van der Waals surface area contributed by atoms with Gasteiger partial charge in [0.25, 0.3) is 15.9 Å². The van der Waals surface area contributed by atoms with Crippen molar-refractivity contribution in [2.24, 2.45) is 13.0 Å². The van der Waals surface area contributed by atoms with Gasteiger partial charge in [-0.3, -0.25) is 9.52 Å². The molecular formula is C27H35N5O7S2. The van der Waals surface area contributed by atoms with Crippen molar-refractivity contribution in [2.45, 2.75) is 42.8 Å². The van der Waals surface area contributed by atoms with Crippen LogP contribution in [0.3, 0.4) is 0 Å². The topological polar surface area (TPSA) is 151 Å². The lowest BCUT2D eigenvalue weighted by Gasteiger charge is -2.38. The van der Waals surface area contributed by atoms with Gasteiger partial charge in [0.1, 0.15) is 11.9 Å². The Bertz CT molecular complexity index is 1620. The van der Waals surface area contributed by atoms with E-state index in [1.54, 1.807) is 38.2 Å². The number of fused-ring (bicyclic) bond motifs is 1. The Labute approximate surface area is 240 Å². The Morgan fingerprint density at radius 2 is 1.85 bits per heavy atom. The molecule has 2 heterocycles. The predicted octanol–water partition coefficient (Wildman–Crippen LogP) is 2.07. The number of carbonyl (C=O) groups excluding carboxylic acids is 1.